The molecule has 8 rings (SSSR count). The van der Waals surface area contributed by atoms with Crippen molar-refractivity contribution in [1.29, 1.82) is 0 Å². The third-order valence-corrected chi connectivity index (χ3v) is 11.6. The summed E-state index contributed by atoms with van der Waals surface area (Å²) in [6.07, 6.45) is 6.95. The maximum atomic E-state index is 6.62. The van der Waals surface area contributed by atoms with Gasteiger partial charge in [0.05, 0.1) is 11.2 Å². The van der Waals surface area contributed by atoms with Crippen LogP contribution in [0, 0.1) is 0 Å². The summed E-state index contributed by atoms with van der Waals surface area (Å²) in [6.45, 7) is 18.0. The van der Waals surface area contributed by atoms with Crippen molar-refractivity contribution in [2.24, 2.45) is 0 Å². The zero-order valence-corrected chi connectivity index (χ0v) is 28.0. The Balaban J connectivity index is 1.27. The fourth-order valence-corrected chi connectivity index (χ4v) is 8.16. The average molecular weight is 591 g/mol. The van der Waals surface area contributed by atoms with Gasteiger partial charge in [0.25, 0.3) is 0 Å². The van der Waals surface area contributed by atoms with Crippen molar-refractivity contribution >= 4 is 18.2 Å². The van der Waals surface area contributed by atoms with Gasteiger partial charge in [-0.3, -0.25) is 0 Å². The van der Waals surface area contributed by atoms with Gasteiger partial charge in [0, 0.05) is 10.8 Å². The van der Waals surface area contributed by atoms with Crippen molar-refractivity contribution in [2.75, 3.05) is 0 Å². The first-order valence-corrected chi connectivity index (χ1v) is 16.6. The quantitative estimate of drug-likeness (QED) is 0.221. The zero-order chi connectivity index (χ0) is 31.5. The summed E-state index contributed by atoms with van der Waals surface area (Å²) >= 11 is 0. The molecule has 0 unspecified atom stereocenters. The second-order valence-corrected chi connectivity index (χ2v) is 15.6. The topological polar surface area (TPSA) is 18.5 Å². The first kappa shape index (κ1) is 28.8. The van der Waals surface area contributed by atoms with Crippen LogP contribution in [0.2, 0.25) is 0 Å². The molecular weight excluding hydrogens is 547 g/mol. The van der Waals surface area contributed by atoms with Gasteiger partial charge in [0.15, 0.2) is 0 Å². The van der Waals surface area contributed by atoms with Gasteiger partial charge in [-0.2, -0.15) is 0 Å². The van der Waals surface area contributed by atoms with Crippen LogP contribution in [0.5, 0.6) is 0 Å². The molecule has 0 atom stereocenters. The number of hydrogen-bond acceptors (Lipinski definition) is 2. The van der Waals surface area contributed by atoms with Crippen molar-refractivity contribution in [1.82, 2.24) is 0 Å². The van der Waals surface area contributed by atoms with Gasteiger partial charge in [-0.25, -0.2) is 0 Å². The van der Waals surface area contributed by atoms with Gasteiger partial charge in [-0.05, 0) is 131 Å². The SMILES string of the molecule is CC1(C)C2=C(CCC=C2)c2ccc(-c3cc(B4OC(C)(C)C(C)(C)O4)cc(-c4ccc5c(c4)C(C)(C)c4ccccc4-5)c3)cc21. The first-order valence-electron chi connectivity index (χ1n) is 16.6. The monoisotopic (exact) mass is 590 g/mol. The zero-order valence-electron chi connectivity index (χ0n) is 28.0. The third-order valence-electron chi connectivity index (χ3n) is 11.6. The molecule has 1 fully saturated rings. The summed E-state index contributed by atoms with van der Waals surface area (Å²) in [4.78, 5) is 0. The number of hydrogen-bond donors (Lipinski definition) is 0. The van der Waals surface area contributed by atoms with E-state index in [4.69, 9.17) is 9.31 Å². The Hall–Kier alpha value is -3.66. The molecule has 4 aromatic rings. The summed E-state index contributed by atoms with van der Waals surface area (Å²) in [5.41, 5.74) is 16.3. The number of fused-ring (bicyclic) bond motifs is 5. The third kappa shape index (κ3) is 4.16. The summed E-state index contributed by atoms with van der Waals surface area (Å²) in [5, 5.41) is 0. The highest BCUT2D eigenvalue weighted by Gasteiger charge is 2.52. The first-order chi connectivity index (χ1) is 21.3. The van der Waals surface area contributed by atoms with E-state index in [0.717, 1.165) is 18.3 Å². The molecule has 0 radical (unpaired) electrons. The minimum Gasteiger partial charge on any atom is -0.399 e. The molecule has 0 amide bonds. The van der Waals surface area contributed by atoms with Crippen molar-refractivity contribution in [3.63, 3.8) is 0 Å². The van der Waals surface area contributed by atoms with Gasteiger partial charge in [0.1, 0.15) is 0 Å². The van der Waals surface area contributed by atoms with E-state index in [0.29, 0.717) is 0 Å². The largest absolute Gasteiger partial charge is 0.494 e. The number of allylic oxidation sites excluding steroid dienone is 4. The van der Waals surface area contributed by atoms with Crippen LogP contribution in [-0.4, -0.2) is 18.3 Å². The Morgan fingerprint density at radius 3 is 1.80 bits per heavy atom. The van der Waals surface area contributed by atoms with Crippen LogP contribution in [0.15, 0.2) is 96.6 Å². The lowest BCUT2D eigenvalue weighted by Crippen LogP contribution is -2.41. The second-order valence-electron chi connectivity index (χ2n) is 15.6. The molecule has 1 heterocycles. The van der Waals surface area contributed by atoms with Crippen LogP contribution in [0.3, 0.4) is 0 Å². The molecule has 1 aliphatic heterocycles. The van der Waals surface area contributed by atoms with E-state index in [2.05, 4.69) is 146 Å². The molecule has 1 saturated heterocycles. The molecular formula is C42H43BO2. The summed E-state index contributed by atoms with van der Waals surface area (Å²) < 4.78 is 13.2. The molecule has 3 aliphatic carbocycles. The van der Waals surface area contributed by atoms with E-state index < -0.39 is 18.3 Å². The van der Waals surface area contributed by atoms with E-state index in [1.54, 1.807) is 0 Å². The van der Waals surface area contributed by atoms with Crippen molar-refractivity contribution in [2.45, 2.75) is 90.3 Å². The Morgan fingerprint density at radius 1 is 0.556 bits per heavy atom. The van der Waals surface area contributed by atoms with Crippen LogP contribution >= 0.6 is 0 Å². The Bertz CT molecular complexity index is 1950. The highest BCUT2D eigenvalue weighted by atomic mass is 16.7. The van der Waals surface area contributed by atoms with Gasteiger partial charge in [0.2, 0.25) is 0 Å². The number of rotatable bonds is 3. The maximum absolute atomic E-state index is 6.62. The van der Waals surface area contributed by atoms with E-state index in [1.807, 2.05) is 0 Å². The predicted molar refractivity (Wildman–Crippen MR) is 189 cm³/mol. The van der Waals surface area contributed by atoms with E-state index in [1.165, 1.54) is 66.8 Å². The van der Waals surface area contributed by atoms with Crippen molar-refractivity contribution in [3.8, 4) is 33.4 Å². The van der Waals surface area contributed by atoms with Crippen LogP contribution in [0.4, 0.5) is 0 Å². The van der Waals surface area contributed by atoms with Crippen LogP contribution in [-0.2, 0) is 20.1 Å². The van der Waals surface area contributed by atoms with Gasteiger partial charge in [-0.1, -0.05) is 101 Å². The van der Waals surface area contributed by atoms with E-state index in [9.17, 15) is 0 Å². The Labute approximate surface area is 269 Å². The molecule has 0 bridgehead atoms. The predicted octanol–water partition coefficient (Wildman–Crippen LogP) is 10.0. The van der Waals surface area contributed by atoms with Crippen LogP contribution in [0.25, 0.3) is 39.0 Å². The summed E-state index contributed by atoms with van der Waals surface area (Å²) in [7, 11) is -0.436. The highest BCUT2D eigenvalue weighted by Crippen LogP contribution is 2.52. The van der Waals surface area contributed by atoms with Gasteiger partial charge in [-0.15, -0.1) is 0 Å². The molecule has 226 valence electrons. The Morgan fingerprint density at radius 2 is 1.13 bits per heavy atom. The molecule has 0 N–H and O–H groups in total. The standard InChI is InChI=1S/C42H43BO2/c1-39(2)35-15-11-9-13-31(35)33-19-17-26(24-37(33)39)28-21-29(23-30(22-28)43-44-41(5,6)42(7,8)45-43)27-18-20-34-32-14-10-12-16-36(32)40(3,4)38(34)25-27/h9,11-13,15-25H,10,14H2,1-8H3. The summed E-state index contributed by atoms with van der Waals surface area (Å²) in [5.74, 6) is 0. The molecule has 45 heavy (non-hydrogen) atoms. The average Bonchev–Trinajstić information content (AvgIpc) is 3.50. The molecule has 0 aromatic heterocycles. The molecule has 4 aromatic carbocycles. The minimum absolute atomic E-state index is 0.00959. The van der Waals surface area contributed by atoms with Crippen molar-refractivity contribution in [3.05, 3.63) is 119 Å². The van der Waals surface area contributed by atoms with Crippen LogP contribution in [0.1, 0.15) is 90.5 Å². The lowest BCUT2D eigenvalue weighted by Gasteiger charge is -2.32. The molecule has 0 saturated carbocycles. The smallest absolute Gasteiger partial charge is 0.399 e. The lowest BCUT2D eigenvalue weighted by molar-refractivity contribution is 0.00578. The van der Waals surface area contributed by atoms with E-state index >= 15 is 0 Å². The van der Waals surface area contributed by atoms with Gasteiger partial charge >= 0.3 is 7.12 Å². The van der Waals surface area contributed by atoms with Gasteiger partial charge < -0.3 is 9.31 Å². The maximum Gasteiger partial charge on any atom is 0.494 e. The molecule has 3 heteroatoms. The Kier molecular flexibility index (Phi) is 6.04. The second kappa shape index (κ2) is 9.44. The highest BCUT2D eigenvalue weighted by molar-refractivity contribution is 6.62. The number of benzene rings is 4. The summed E-state index contributed by atoms with van der Waals surface area (Å²) in [6, 6.07) is 29.9. The fourth-order valence-electron chi connectivity index (χ4n) is 8.16. The molecule has 4 aliphatic rings. The lowest BCUT2D eigenvalue weighted by atomic mass is 9.75. The van der Waals surface area contributed by atoms with E-state index in [-0.39, 0.29) is 10.8 Å². The molecule has 0 spiro atoms. The molecule has 2 nitrogen and oxygen atoms in total. The normalized spacial score (nSPS) is 21.0. The fraction of sp³-hybridized carbons (Fsp3) is 0.333. The minimum atomic E-state index is -0.436. The van der Waals surface area contributed by atoms with Crippen LogP contribution < -0.4 is 5.46 Å². The van der Waals surface area contributed by atoms with Crippen molar-refractivity contribution < 1.29 is 9.31 Å².